The lowest BCUT2D eigenvalue weighted by Crippen LogP contribution is -2.28. The van der Waals surface area contributed by atoms with Crippen molar-refractivity contribution in [2.75, 3.05) is 7.11 Å². The molecule has 0 amide bonds. The number of methoxy groups -OCH3 is 1. The van der Waals surface area contributed by atoms with Crippen LogP contribution in [-0.2, 0) is 4.74 Å². The number of ether oxygens (including phenoxy) is 1. The summed E-state index contributed by atoms with van der Waals surface area (Å²) < 4.78 is 5.24. The predicted octanol–water partition coefficient (Wildman–Crippen LogP) is 1.19. The quantitative estimate of drug-likeness (QED) is 0.592. The third-order valence-electron chi connectivity index (χ3n) is 1.78. The van der Waals surface area contributed by atoms with E-state index < -0.39 is 0 Å². The van der Waals surface area contributed by atoms with Gasteiger partial charge in [0.15, 0.2) is 0 Å². The van der Waals surface area contributed by atoms with Crippen molar-refractivity contribution in [3.05, 3.63) is 23.9 Å². The number of hydrogen-bond acceptors (Lipinski definition) is 2. The fourth-order valence-corrected chi connectivity index (χ4v) is 1.04. The molecule has 0 heterocycles. The maximum atomic E-state index is 5.62. The first-order valence-corrected chi connectivity index (χ1v) is 3.35. The maximum absolute atomic E-state index is 5.62. The fourth-order valence-electron chi connectivity index (χ4n) is 1.04. The van der Waals surface area contributed by atoms with E-state index in [9.17, 15) is 0 Å². The van der Waals surface area contributed by atoms with Crippen molar-refractivity contribution in [2.45, 2.75) is 18.9 Å². The third-order valence-corrected chi connectivity index (χ3v) is 1.78. The van der Waals surface area contributed by atoms with Crippen LogP contribution in [0.5, 0.6) is 0 Å². The number of allylic oxidation sites excluding steroid dienone is 2. The van der Waals surface area contributed by atoms with Crippen molar-refractivity contribution in [2.24, 2.45) is 5.73 Å². The molecule has 1 aliphatic carbocycles. The van der Waals surface area contributed by atoms with Gasteiger partial charge in [-0.2, -0.15) is 0 Å². The zero-order valence-corrected chi connectivity index (χ0v) is 6.42. The van der Waals surface area contributed by atoms with Gasteiger partial charge in [0, 0.05) is 19.2 Å². The van der Waals surface area contributed by atoms with Crippen LogP contribution in [0.1, 0.15) is 13.3 Å². The summed E-state index contributed by atoms with van der Waals surface area (Å²) in [7, 11) is 1.70. The molecule has 0 saturated carbocycles. The number of rotatable bonds is 1. The molecule has 2 nitrogen and oxygen atoms in total. The Balaban J connectivity index is 2.71. The highest BCUT2D eigenvalue weighted by molar-refractivity contribution is 5.22. The molecule has 0 spiro atoms. The second kappa shape index (κ2) is 2.46. The summed E-state index contributed by atoms with van der Waals surface area (Å²) in [6, 6.07) is 0. The lowest BCUT2D eigenvalue weighted by molar-refractivity contribution is 0.0478. The summed E-state index contributed by atoms with van der Waals surface area (Å²) in [5.41, 5.74) is 6.32. The van der Waals surface area contributed by atoms with Crippen LogP contribution in [-0.4, -0.2) is 12.7 Å². The van der Waals surface area contributed by atoms with Crippen molar-refractivity contribution in [1.29, 1.82) is 0 Å². The lowest BCUT2D eigenvalue weighted by Gasteiger charge is -2.26. The zero-order chi connectivity index (χ0) is 7.61. The summed E-state index contributed by atoms with van der Waals surface area (Å²) in [4.78, 5) is 0. The molecule has 2 heteroatoms. The SMILES string of the molecule is COC1(C)C=CC=C(N)C1. The second-order valence-electron chi connectivity index (χ2n) is 2.79. The first-order chi connectivity index (χ1) is 4.66. The van der Waals surface area contributed by atoms with Gasteiger partial charge in [0.25, 0.3) is 0 Å². The van der Waals surface area contributed by atoms with Crippen LogP contribution in [0.3, 0.4) is 0 Å². The summed E-state index contributed by atoms with van der Waals surface area (Å²) in [5, 5.41) is 0. The molecule has 2 N–H and O–H groups in total. The van der Waals surface area contributed by atoms with E-state index in [4.69, 9.17) is 10.5 Å². The van der Waals surface area contributed by atoms with Crippen LogP contribution in [0.4, 0.5) is 0 Å². The molecule has 0 fully saturated rings. The van der Waals surface area contributed by atoms with Crippen molar-refractivity contribution >= 4 is 0 Å². The maximum Gasteiger partial charge on any atom is 0.0887 e. The Hall–Kier alpha value is -0.760. The van der Waals surface area contributed by atoms with Crippen LogP contribution in [0.15, 0.2) is 23.9 Å². The molecule has 10 heavy (non-hydrogen) atoms. The van der Waals surface area contributed by atoms with Crippen molar-refractivity contribution in [1.82, 2.24) is 0 Å². The van der Waals surface area contributed by atoms with Gasteiger partial charge in [-0.3, -0.25) is 0 Å². The Morgan fingerprint density at radius 3 is 2.80 bits per heavy atom. The number of nitrogens with two attached hydrogens (primary N) is 1. The van der Waals surface area contributed by atoms with Gasteiger partial charge in [-0.25, -0.2) is 0 Å². The van der Waals surface area contributed by atoms with Gasteiger partial charge in [0.05, 0.1) is 5.60 Å². The van der Waals surface area contributed by atoms with Gasteiger partial charge in [-0.1, -0.05) is 12.2 Å². The van der Waals surface area contributed by atoms with E-state index in [0.29, 0.717) is 0 Å². The van der Waals surface area contributed by atoms with Crippen LogP contribution >= 0.6 is 0 Å². The summed E-state index contributed by atoms with van der Waals surface area (Å²) >= 11 is 0. The highest BCUT2D eigenvalue weighted by Crippen LogP contribution is 2.22. The van der Waals surface area contributed by atoms with E-state index in [-0.39, 0.29) is 5.60 Å². The summed E-state index contributed by atoms with van der Waals surface area (Å²) in [6.45, 7) is 2.02. The van der Waals surface area contributed by atoms with E-state index in [1.54, 1.807) is 7.11 Å². The lowest BCUT2D eigenvalue weighted by atomic mass is 9.95. The Morgan fingerprint density at radius 1 is 1.70 bits per heavy atom. The Morgan fingerprint density at radius 2 is 2.40 bits per heavy atom. The molecular formula is C8H13NO. The molecule has 1 rings (SSSR count). The van der Waals surface area contributed by atoms with Gasteiger partial charge in [0.2, 0.25) is 0 Å². The van der Waals surface area contributed by atoms with E-state index in [1.807, 2.05) is 25.2 Å². The Labute approximate surface area is 61.4 Å². The van der Waals surface area contributed by atoms with E-state index in [1.165, 1.54) is 0 Å². The molecular weight excluding hydrogens is 126 g/mol. The third kappa shape index (κ3) is 1.39. The average molecular weight is 139 g/mol. The minimum Gasteiger partial charge on any atom is -0.402 e. The molecule has 1 unspecified atom stereocenters. The predicted molar refractivity (Wildman–Crippen MR) is 41.4 cm³/mol. The summed E-state index contributed by atoms with van der Waals surface area (Å²) in [5.74, 6) is 0. The van der Waals surface area contributed by atoms with Gasteiger partial charge in [0.1, 0.15) is 0 Å². The zero-order valence-electron chi connectivity index (χ0n) is 6.42. The standard InChI is InChI=1S/C8H13NO/c1-8(10-2)5-3-4-7(9)6-8/h3-5H,6,9H2,1-2H3. The molecule has 0 radical (unpaired) electrons. The molecule has 0 aromatic rings. The minimum absolute atomic E-state index is 0.182. The average Bonchev–Trinajstić information content (AvgIpc) is 1.88. The fraction of sp³-hybridized carbons (Fsp3) is 0.500. The first kappa shape index (κ1) is 7.35. The van der Waals surface area contributed by atoms with Gasteiger partial charge in [-0.15, -0.1) is 0 Å². The van der Waals surface area contributed by atoms with Gasteiger partial charge < -0.3 is 10.5 Å². The molecule has 56 valence electrons. The molecule has 0 aromatic heterocycles. The molecule has 1 aliphatic rings. The van der Waals surface area contributed by atoms with Gasteiger partial charge >= 0.3 is 0 Å². The Kier molecular flexibility index (Phi) is 1.81. The first-order valence-electron chi connectivity index (χ1n) is 3.35. The smallest absolute Gasteiger partial charge is 0.0887 e. The molecule has 0 aliphatic heterocycles. The highest BCUT2D eigenvalue weighted by atomic mass is 16.5. The van der Waals surface area contributed by atoms with Crippen molar-refractivity contribution in [3.63, 3.8) is 0 Å². The van der Waals surface area contributed by atoms with Gasteiger partial charge in [-0.05, 0) is 13.0 Å². The topological polar surface area (TPSA) is 35.2 Å². The molecule has 0 saturated heterocycles. The van der Waals surface area contributed by atoms with Crippen molar-refractivity contribution in [3.8, 4) is 0 Å². The highest BCUT2D eigenvalue weighted by Gasteiger charge is 2.22. The minimum atomic E-state index is -0.182. The van der Waals surface area contributed by atoms with Crippen LogP contribution in [0.2, 0.25) is 0 Å². The molecule has 0 bridgehead atoms. The second-order valence-corrected chi connectivity index (χ2v) is 2.79. The van der Waals surface area contributed by atoms with Crippen molar-refractivity contribution < 1.29 is 4.74 Å². The normalized spacial score (nSPS) is 32.0. The Bertz CT molecular complexity index is 184. The molecule has 1 atom stereocenters. The van der Waals surface area contributed by atoms with Crippen LogP contribution in [0.25, 0.3) is 0 Å². The van der Waals surface area contributed by atoms with E-state index in [2.05, 4.69) is 0 Å². The largest absolute Gasteiger partial charge is 0.402 e. The number of hydrogen-bond donors (Lipinski definition) is 1. The van der Waals surface area contributed by atoms with Crippen LogP contribution in [0, 0.1) is 0 Å². The van der Waals surface area contributed by atoms with E-state index >= 15 is 0 Å². The molecule has 0 aromatic carbocycles. The monoisotopic (exact) mass is 139 g/mol. The summed E-state index contributed by atoms with van der Waals surface area (Å²) in [6.07, 6.45) is 6.65. The van der Waals surface area contributed by atoms with Crippen LogP contribution < -0.4 is 5.73 Å². The van der Waals surface area contributed by atoms with E-state index in [0.717, 1.165) is 12.1 Å².